The Labute approximate surface area is 288 Å². The first kappa shape index (κ1) is 27.9. The molecule has 0 aliphatic carbocycles. The second kappa shape index (κ2) is 11.2. The fourth-order valence-electron chi connectivity index (χ4n) is 7.67. The van der Waals surface area contributed by atoms with Crippen LogP contribution in [0.3, 0.4) is 0 Å². The zero-order chi connectivity index (χ0) is 32.3. The van der Waals surface area contributed by atoms with Gasteiger partial charge < -0.3 is 9.47 Å². The van der Waals surface area contributed by atoms with Crippen molar-refractivity contribution < 1.29 is 0 Å². The van der Waals surface area contributed by atoms with Crippen molar-refractivity contribution in [3.63, 3.8) is 0 Å². The molecule has 49 heavy (non-hydrogen) atoms. The Kier molecular flexibility index (Phi) is 6.39. The molecule has 0 N–H and O–H groups in total. The van der Waals surface area contributed by atoms with E-state index in [1.165, 1.54) is 63.9 Å². The quantitative estimate of drug-likeness (QED) is 0.181. The van der Waals surface area contributed by atoms with E-state index >= 15 is 0 Å². The maximum atomic E-state index is 2.49. The lowest BCUT2D eigenvalue weighted by Gasteiger charge is -2.31. The van der Waals surface area contributed by atoms with Gasteiger partial charge in [-0.25, -0.2) is 0 Å². The molecule has 0 aliphatic heterocycles. The summed E-state index contributed by atoms with van der Waals surface area (Å²) in [4.78, 5) is 2.49. The second-order valence-corrected chi connectivity index (χ2v) is 13.5. The van der Waals surface area contributed by atoms with Gasteiger partial charge in [-0.2, -0.15) is 0 Å². The molecular weight excluding hydrogens is 613 g/mol. The van der Waals surface area contributed by atoms with Crippen molar-refractivity contribution in [1.82, 2.24) is 4.57 Å². The van der Waals surface area contributed by atoms with Gasteiger partial charge in [0.25, 0.3) is 0 Å². The number of hydrogen-bond acceptors (Lipinski definition) is 2. The summed E-state index contributed by atoms with van der Waals surface area (Å²) in [6.07, 6.45) is 0. The molecule has 2 aromatic heterocycles. The van der Waals surface area contributed by atoms with Crippen molar-refractivity contribution in [2.75, 3.05) is 4.90 Å². The largest absolute Gasteiger partial charge is 0.307 e. The normalized spacial score (nSPS) is 11.7. The Bertz CT molecular complexity index is 2800. The molecule has 0 spiro atoms. The number of nitrogens with zero attached hydrogens (tertiary/aromatic N) is 2. The van der Waals surface area contributed by atoms with Crippen LogP contribution in [0.15, 0.2) is 182 Å². The smallest absolute Gasteiger partial charge is 0.0702 e. The van der Waals surface area contributed by atoms with Crippen LogP contribution in [-0.4, -0.2) is 4.57 Å². The molecule has 0 atom stereocenters. The summed E-state index contributed by atoms with van der Waals surface area (Å²) in [5.74, 6) is 0. The zero-order valence-corrected chi connectivity index (χ0v) is 27.4. The third kappa shape index (κ3) is 4.33. The summed E-state index contributed by atoms with van der Waals surface area (Å²) < 4.78 is 5.06. The van der Waals surface area contributed by atoms with Gasteiger partial charge in [0.15, 0.2) is 0 Å². The van der Waals surface area contributed by atoms with Crippen LogP contribution in [-0.2, 0) is 0 Å². The minimum atomic E-state index is 1.11. The Morgan fingerprint density at radius 2 is 0.898 bits per heavy atom. The first-order chi connectivity index (χ1) is 24.3. The molecule has 0 aliphatic rings. The molecule has 8 aromatic carbocycles. The topological polar surface area (TPSA) is 8.17 Å². The summed E-state index contributed by atoms with van der Waals surface area (Å²) in [5.41, 5.74) is 9.34. The molecule has 0 radical (unpaired) electrons. The molecule has 0 fully saturated rings. The average molecular weight is 643 g/mol. The predicted molar refractivity (Wildman–Crippen MR) is 211 cm³/mol. The summed E-state index contributed by atoms with van der Waals surface area (Å²) >= 11 is 1.88. The van der Waals surface area contributed by atoms with Gasteiger partial charge in [-0.15, -0.1) is 11.3 Å². The molecule has 0 saturated carbocycles. The van der Waals surface area contributed by atoms with Crippen molar-refractivity contribution in [2.24, 2.45) is 0 Å². The first-order valence-corrected chi connectivity index (χ1v) is 17.5. The molecule has 0 bridgehead atoms. The molecular formula is C46H30N2S. The highest BCUT2D eigenvalue weighted by molar-refractivity contribution is 7.26. The maximum Gasteiger partial charge on any atom is 0.0702 e. The Balaban J connectivity index is 1.31. The van der Waals surface area contributed by atoms with Crippen molar-refractivity contribution in [3.8, 4) is 16.8 Å². The third-order valence-electron chi connectivity index (χ3n) is 9.79. The van der Waals surface area contributed by atoms with E-state index in [0.717, 1.165) is 22.7 Å². The summed E-state index contributed by atoms with van der Waals surface area (Å²) in [6, 6.07) is 66.2. The van der Waals surface area contributed by atoms with Crippen LogP contribution in [0.5, 0.6) is 0 Å². The molecule has 230 valence electrons. The van der Waals surface area contributed by atoms with Crippen LogP contribution in [0.4, 0.5) is 17.1 Å². The third-order valence-corrected chi connectivity index (χ3v) is 11.0. The van der Waals surface area contributed by atoms with E-state index in [1.807, 2.05) is 11.3 Å². The molecule has 2 nitrogen and oxygen atoms in total. The number of aromatic nitrogens is 1. The highest BCUT2D eigenvalue weighted by Gasteiger charge is 2.24. The Morgan fingerprint density at radius 3 is 1.71 bits per heavy atom. The lowest BCUT2D eigenvalue weighted by molar-refractivity contribution is 1.15. The van der Waals surface area contributed by atoms with Gasteiger partial charge in [0, 0.05) is 47.5 Å². The SMILES string of the molecule is c1ccc(N(c2ccccc2-n2c3ccccc3c3ccccc32)c2cccc3ccccc23)c(-c2cccc3c2sc2ccccc23)c1. The minimum Gasteiger partial charge on any atom is -0.307 e. The monoisotopic (exact) mass is 642 g/mol. The fourth-order valence-corrected chi connectivity index (χ4v) is 8.90. The van der Waals surface area contributed by atoms with Gasteiger partial charge >= 0.3 is 0 Å². The van der Waals surface area contributed by atoms with Crippen LogP contribution in [0.25, 0.3) is 69.6 Å². The molecule has 10 aromatic rings. The van der Waals surface area contributed by atoms with E-state index in [2.05, 4.69) is 191 Å². The van der Waals surface area contributed by atoms with Crippen LogP contribution in [0, 0.1) is 0 Å². The Hall–Kier alpha value is -6.16. The second-order valence-electron chi connectivity index (χ2n) is 12.5. The van der Waals surface area contributed by atoms with Gasteiger partial charge in [0.2, 0.25) is 0 Å². The van der Waals surface area contributed by atoms with E-state index in [-0.39, 0.29) is 0 Å². The molecule has 2 heterocycles. The minimum absolute atomic E-state index is 1.11. The van der Waals surface area contributed by atoms with E-state index in [9.17, 15) is 0 Å². The summed E-state index contributed by atoms with van der Waals surface area (Å²) in [5, 5.41) is 7.53. The highest BCUT2D eigenvalue weighted by atomic mass is 32.1. The van der Waals surface area contributed by atoms with Crippen LogP contribution >= 0.6 is 11.3 Å². The molecule has 0 amide bonds. The Morgan fingerprint density at radius 1 is 0.367 bits per heavy atom. The van der Waals surface area contributed by atoms with Crippen molar-refractivity contribution in [3.05, 3.63) is 182 Å². The van der Waals surface area contributed by atoms with Crippen LogP contribution in [0.2, 0.25) is 0 Å². The van der Waals surface area contributed by atoms with E-state index in [4.69, 9.17) is 0 Å². The van der Waals surface area contributed by atoms with E-state index in [0.29, 0.717) is 0 Å². The van der Waals surface area contributed by atoms with Gasteiger partial charge in [0.1, 0.15) is 0 Å². The van der Waals surface area contributed by atoms with Gasteiger partial charge in [0.05, 0.1) is 33.8 Å². The maximum absolute atomic E-state index is 2.49. The van der Waals surface area contributed by atoms with Crippen LogP contribution in [0.1, 0.15) is 0 Å². The summed E-state index contributed by atoms with van der Waals surface area (Å²) in [6.45, 7) is 0. The van der Waals surface area contributed by atoms with Crippen LogP contribution < -0.4 is 4.90 Å². The van der Waals surface area contributed by atoms with E-state index in [1.54, 1.807) is 0 Å². The fraction of sp³-hybridized carbons (Fsp3) is 0. The van der Waals surface area contributed by atoms with Gasteiger partial charge in [-0.3, -0.25) is 0 Å². The lowest BCUT2D eigenvalue weighted by atomic mass is 9.98. The number of thiophene rings is 1. The predicted octanol–water partition coefficient (Wildman–Crippen LogP) is 13.4. The number of benzene rings is 8. The molecule has 0 unspecified atom stereocenters. The number of hydrogen-bond donors (Lipinski definition) is 0. The number of fused-ring (bicyclic) bond motifs is 7. The van der Waals surface area contributed by atoms with Crippen molar-refractivity contribution >= 4 is 81.1 Å². The number of rotatable bonds is 5. The molecule has 3 heteroatoms. The van der Waals surface area contributed by atoms with Crippen molar-refractivity contribution in [1.29, 1.82) is 0 Å². The number of para-hydroxylation sites is 5. The highest BCUT2D eigenvalue weighted by Crippen LogP contribution is 2.49. The molecule has 10 rings (SSSR count). The lowest BCUT2D eigenvalue weighted by Crippen LogP contribution is -2.14. The molecule has 0 saturated heterocycles. The van der Waals surface area contributed by atoms with Gasteiger partial charge in [-0.1, -0.05) is 140 Å². The summed E-state index contributed by atoms with van der Waals surface area (Å²) in [7, 11) is 0. The van der Waals surface area contributed by atoms with Gasteiger partial charge in [-0.05, 0) is 47.9 Å². The first-order valence-electron chi connectivity index (χ1n) is 16.7. The van der Waals surface area contributed by atoms with E-state index < -0.39 is 0 Å². The number of anilines is 3. The zero-order valence-electron chi connectivity index (χ0n) is 26.6. The van der Waals surface area contributed by atoms with Crippen molar-refractivity contribution in [2.45, 2.75) is 0 Å². The average Bonchev–Trinajstić information content (AvgIpc) is 3.72. The standard InChI is InChI=1S/C46H30N2S/c1-2-17-32-31(15-1)16-13-29-39(32)47(42-26-9-5-20-35(42)37-22-14-23-38-36-21-6-12-30-45(36)49-46(37)38)43-27-10-11-28-44(43)48-40-24-7-3-18-33(40)34-19-4-8-25-41(34)48/h1-30H.